The summed E-state index contributed by atoms with van der Waals surface area (Å²) in [6, 6.07) is 15.9. The smallest absolute Gasteiger partial charge is 0.427 e. The molecular formula is C18H20N2O3S. The van der Waals surface area contributed by atoms with Gasteiger partial charge in [0, 0.05) is 16.2 Å². The molecule has 6 heteroatoms. The summed E-state index contributed by atoms with van der Waals surface area (Å²) in [6.45, 7) is 2.65. The van der Waals surface area contributed by atoms with Gasteiger partial charge in [-0.25, -0.2) is 10.2 Å². The monoisotopic (exact) mass is 344 g/mol. The summed E-state index contributed by atoms with van der Waals surface area (Å²) in [4.78, 5) is 12.2. The quantitative estimate of drug-likeness (QED) is 0.359. The zero-order valence-corrected chi connectivity index (χ0v) is 14.5. The highest BCUT2D eigenvalue weighted by Gasteiger charge is 2.02. The second kappa shape index (κ2) is 9.62. The molecule has 0 radical (unpaired) electrons. The molecule has 2 aromatic rings. The van der Waals surface area contributed by atoms with E-state index in [9.17, 15) is 4.79 Å². The number of ether oxygens (including phenoxy) is 2. The van der Waals surface area contributed by atoms with Crippen molar-refractivity contribution in [3.05, 3.63) is 59.7 Å². The van der Waals surface area contributed by atoms with Gasteiger partial charge in [0.15, 0.2) is 0 Å². The first-order chi connectivity index (χ1) is 11.7. The number of para-hydroxylation sites is 1. The molecule has 0 spiro atoms. The van der Waals surface area contributed by atoms with Gasteiger partial charge in [0.1, 0.15) is 5.75 Å². The predicted molar refractivity (Wildman–Crippen MR) is 97.0 cm³/mol. The number of carbonyl (C=O) groups excluding carboxylic acids is 1. The maximum absolute atomic E-state index is 11.0. The highest BCUT2D eigenvalue weighted by molar-refractivity contribution is 7.99. The van der Waals surface area contributed by atoms with Crippen molar-refractivity contribution in [2.75, 3.05) is 19.5 Å². The van der Waals surface area contributed by atoms with Gasteiger partial charge >= 0.3 is 6.09 Å². The molecule has 0 fully saturated rings. The van der Waals surface area contributed by atoms with E-state index in [4.69, 9.17) is 4.74 Å². The fourth-order valence-electron chi connectivity index (χ4n) is 1.86. The molecule has 126 valence electrons. The largest absolute Gasteiger partial charge is 0.492 e. The van der Waals surface area contributed by atoms with Crippen LogP contribution in [0.1, 0.15) is 11.1 Å². The Kier molecular flexibility index (Phi) is 7.17. The van der Waals surface area contributed by atoms with Crippen molar-refractivity contribution in [3.8, 4) is 5.75 Å². The maximum Gasteiger partial charge on any atom is 0.427 e. The highest BCUT2D eigenvalue weighted by Crippen LogP contribution is 2.20. The predicted octanol–water partition coefficient (Wildman–Crippen LogP) is 3.86. The lowest BCUT2D eigenvalue weighted by Gasteiger charge is -2.09. The van der Waals surface area contributed by atoms with Gasteiger partial charge in [-0.15, -0.1) is 11.8 Å². The van der Waals surface area contributed by atoms with E-state index in [1.54, 1.807) is 11.8 Å². The van der Waals surface area contributed by atoms with E-state index in [0.29, 0.717) is 6.61 Å². The number of nitrogens with one attached hydrogen (secondary N) is 1. The van der Waals surface area contributed by atoms with Crippen molar-refractivity contribution in [2.45, 2.75) is 11.8 Å². The minimum absolute atomic E-state index is 0.577. The lowest BCUT2D eigenvalue weighted by atomic mass is 10.2. The summed E-state index contributed by atoms with van der Waals surface area (Å²) in [7, 11) is 1.29. The molecule has 5 nitrogen and oxygen atoms in total. The molecular weight excluding hydrogens is 324 g/mol. The lowest BCUT2D eigenvalue weighted by molar-refractivity contribution is 0.171. The van der Waals surface area contributed by atoms with Gasteiger partial charge in [-0.05, 0) is 31.2 Å². The van der Waals surface area contributed by atoms with Crippen LogP contribution in [0.3, 0.4) is 0 Å². The number of carbonyl (C=O) groups is 1. The summed E-state index contributed by atoms with van der Waals surface area (Å²) >= 11 is 1.75. The van der Waals surface area contributed by atoms with Crippen LogP contribution in [0.4, 0.5) is 4.79 Å². The van der Waals surface area contributed by atoms with Crippen molar-refractivity contribution < 1.29 is 14.3 Å². The second-order valence-corrected chi connectivity index (χ2v) is 6.08. The molecule has 2 rings (SSSR count). The Bertz CT molecular complexity index is 687. The SMILES string of the molecule is COC(=O)N/N=C/c1ccccc1OCCSc1ccc(C)cc1. The minimum Gasteiger partial charge on any atom is -0.492 e. The number of hydrogen-bond acceptors (Lipinski definition) is 5. The van der Waals surface area contributed by atoms with Gasteiger partial charge in [-0.1, -0.05) is 29.8 Å². The van der Waals surface area contributed by atoms with Crippen LogP contribution >= 0.6 is 11.8 Å². The number of benzene rings is 2. The zero-order chi connectivity index (χ0) is 17.2. The number of hydrogen-bond donors (Lipinski definition) is 1. The zero-order valence-electron chi connectivity index (χ0n) is 13.7. The average Bonchev–Trinajstić information content (AvgIpc) is 2.61. The van der Waals surface area contributed by atoms with Crippen molar-refractivity contribution in [3.63, 3.8) is 0 Å². The van der Waals surface area contributed by atoms with E-state index in [0.717, 1.165) is 17.1 Å². The van der Waals surface area contributed by atoms with Gasteiger partial charge in [0.05, 0.1) is 19.9 Å². The summed E-state index contributed by atoms with van der Waals surface area (Å²) in [5.74, 6) is 1.56. The van der Waals surface area contributed by atoms with Crippen LogP contribution in [0.25, 0.3) is 0 Å². The lowest BCUT2D eigenvalue weighted by Crippen LogP contribution is -2.16. The molecule has 0 bridgehead atoms. The molecule has 0 saturated heterocycles. The highest BCUT2D eigenvalue weighted by atomic mass is 32.2. The summed E-state index contributed by atoms with van der Waals surface area (Å²) < 4.78 is 10.3. The normalized spacial score (nSPS) is 10.6. The van der Waals surface area contributed by atoms with E-state index in [1.807, 2.05) is 24.3 Å². The first-order valence-electron chi connectivity index (χ1n) is 7.47. The van der Waals surface area contributed by atoms with Crippen molar-refractivity contribution >= 4 is 24.1 Å². The Morgan fingerprint density at radius 1 is 1.21 bits per heavy atom. The minimum atomic E-state index is -0.612. The first-order valence-corrected chi connectivity index (χ1v) is 8.46. The van der Waals surface area contributed by atoms with Gasteiger partial charge in [0.25, 0.3) is 0 Å². The number of rotatable bonds is 7. The Balaban J connectivity index is 1.83. The number of amides is 1. The van der Waals surface area contributed by atoms with Crippen LogP contribution in [-0.2, 0) is 4.74 Å². The molecule has 0 aromatic heterocycles. The second-order valence-electron chi connectivity index (χ2n) is 4.91. The van der Waals surface area contributed by atoms with E-state index in [1.165, 1.54) is 23.8 Å². The molecule has 0 aliphatic heterocycles. The van der Waals surface area contributed by atoms with E-state index >= 15 is 0 Å². The number of hydrazone groups is 1. The van der Waals surface area contributed by atoms with Crippen molar-refractivity contribution in [1.82, 2.24) is 5.43 Å². The molecule has 0 unspecified atom stereocenters. The van der Waals surface area contributed by atoms with E-state index < -0.39 is 6.09 Å². The number of thioether (sulfide) groups is 1. The van der Waals surface area contributed by atoms with Gasteiger partial charge in [-0.2, -0.15) is 5.10 Å². The van der Waals surface area contributed by atoms with Crippen molar-refractivity contribution in [1.29, 1.82) is 0 Å². The summed E-state index contributed by atoms with van der Waals surface area (Å²) in [5.41, 5.74) is 4.29. The van der Waals surface area contributed by atoms with Crippen molar-refractivity contribution in [2.24, 2.45) is 5.10 Å². The Hall–Kier alpha value is -2.47. The van der Waals surface area contributed by atoms with Gasteiger partial charge in [-0.3, -0.25) is 0 Å². The third kappa shape index (κ3) is 5.96. The molecule has 0 saturated carbocycles. The molecule has 1 amide bonds. The standard InChI is InChI=1S/C18H20N2O3S/c1-14-7-9-16(10-8-14)24-12-11-23-17-6-4-3-5-15(17)13-19-20-18(21)22-2/h3-10,13H,11-12H2,1-2H3,(H,20,21)/b19-13+. The topological polar surface area (TPSA) is 59.9 Å². The maximum atomic E-state index is 11.0. The Labute approximate surface area is 146 Å². The van der Waals surface area contributed by atoms with Crippen LogP contribution < -0.4 is 10.2 Å². The fourth-order valence-corrected chi connectivity index (χ4v) is 2.60. The average molecular weight is 344 g/mol. The van der Waals surface area contributed by atoms with E-state index in [2.05, 4.69) is 46.5 Å². The van der Waals surface area contributed by atoms with Crippen LogP contribution in [-0.4, -0.2) is 31.8 Å². The van der Waals surface area contributed by atoms with Gasteiger partial charge < -0.3 is 9.47 Å². The molecule has 1 N–H and O–H groups in total. The van der Waals surface area contributed by atoms with Crippen LogP contribution in [0.2, 0.25) is 0 Å². The van der Waals surface area contributed by atoms with Crippen LogP contribution in [0, 0.1) is 6.92 Å². The van der Waals surface area contributed by atoms with Crippen LogP contribution in [0.15, 0.2) is 58.5 Å². The summed E-state index contributed by atoms with van der Waals surface area (Å²) in [5, 5.41) is 3.82. The molecule has 0 aliphatic carbocycles. The third-order valence-corrected chi connectivity index (χ3v) is 4.07. The third-order valence-electron chi connectivity index (χ3n) is 3.09. The molecule has 0 aliphatic rings. The molecule has 0 heterocycles. The summed E-state index contributed by atoms with van der Waals surface area (Å²) in [6.07, 6.45) is 0.915. The first kappa shape index (κ1) is 17.9. The molecule has 24 heavy (non-hydrogen) atoms. The van der Waals surface area contributed by atoms with Crippen LogP contribution in [0.5, 0.6) is 5.75 Å². The number of methoxy groups -OCH3 is 1. The number of nitrogens with zero attached hydrogens (tertiary/aromatic N) is 1. The molecule has 2 aromatic carbocycles. The fraction of sp³-hybridized carbons (Fsp3) is 0.222. The molecule has 0 atom stereocenters. The van der Waals surface area contributed by atoms with E-state index in [-0.39, 0.29) is 0 Å². The Morgan fingerprint density at radius 2 is 1.96 bits per heavy atom. The van der Waals surface area contributed by atoms with Gasteiger partial charge in [0.2, 0.25) is 0 Å². The Morgan fingerprint density at radius 3 is 2.71 bits per heavy atom. The number of aryl methyl sites for hydroxylation is 1.